The Kier molecular flexibility index (Phi) is 6.85. The van der Waals surface area contributed by atoms with Crippen LogP contribution in [0.1, 0.15) is 32.6 Å². The van der Waals surface area contributed by atoms with Gasteiger partial charge < -0.3 is 10.2 Å². The smallest absolute Gasteiger partial charge is 0.398 e. The molecular weight excluding hydrogens is 492 g/mol. The quantitative estimate of drug-likeness (QED) is 0.249. The standard InChI is InChI=1S/C21H16ClF6N3O3/c1-11-5-12(3-4-16(11)18(32)29-10-30-33-2)17-9-19(34-31-17,21(26,27)28)13-6-14(20(23,24)25)8-15(22)7-13/h3-10,31H,1-2H3,(H,29,30,32). The number of hydrogen-bond donors (Lipinski definition) is 2. The fourth-order valence-corrected chi connectivity index (χ4v) is 3.49. The third-order valence-corrected chi connectivity index (χ3v) is 5.10. The van der Waals surface area contributed by atoms with Gasteiger partial charge in [0.15, 0.2) is 0 Å². The number of nitrogens with zero attached hydrogens (tertiary/aromatic N) is 1. The summed E-state index contributed by atoms with van der Waals surface area (Å²) in [6, 6.07) is 5.73. The maximum Gasteiger partial charge on any atom is 0.428 e. The highest BCUT2D eigenvalue weighted by molar-refractivity contribution is 6.30. The van der Waals surface area contributed by atoms with Gasteiger partial charge in [-0.05, 0) is 54.5 Å². The Hall–Kier alpha value is -3.25. The summed E-state index contributed by atoms with van der Waals surface area (Å²) in [5.74, 6) is -0.544. The zero-order valence-corrected chi connectivity index (χ0v) is 18.2. The molecule has 182 valence electrons. The van der Waals surface area contributed by atoms with Crippen molar-refractivity contribution >= 4 is 29.5 Å². The molecule has 0 fully saturated rings. The molecule has 2 aromatic rings. The molecule has 2 N–H and O–H groups in total. The van der Waals surface area contributed by atoms with Gasteiger partial charge in [0, 0.05) is 16.1 Å². The molecule has 0 radical (unpaired) electrons. The summed E-state index contributed by atoms with van der Waals surface area (Å²) in [5, 5.41) is 5.17. The first-order chi connectivity index (χ1) is 15.8. The van der Waals surface area contributed by atoms with E-state index in [4.69, 9.17) is 16.4 Å². The zero-order chi connectivity index (χ0) is 25.3. The summed E-state index contributed by atoms with van der Waals surface area (Å²) in [6.07, 6.45) is -8.43. The zero-order valence-electron chi connectivity index (χ0n) is 17.4. The number of nitrogens with one attached hydrogen (secondary N) is 2. The lowest BCUT2D eigenvalue weighted by atomic mass is 9.90. The molecule has 1 heterocycles. The number of hydroxylamine groups is 1. The third-order valence-electron chi connectivity index (χ3n) is 4.88. The lowest BCUT2D eigenvalue weighted by Crippen LogP contribution is -2.42. The fraction of sp³-hybridized carbons (Fsp3) is 0.238. The van der Waals surface area contributed by atoms with E-state index >= 15 is 0 Å². The molecule has 1 unspecified atom stereocenters. The Morgan fingerprint density at radius 3 is 2.47 bits per heavy atom. The summed E-state index contributed by atoms with van der Waals surface area (Å²) in [5.41, 5.74) is -2.67. The van der Waals surface area contributed by atoms with Crippen LogP contribution in [0.4, 0.5) is 26.3 Å². The molecule has 3 rings (SSSR count). The lowest BCUT2D eigenvalue weighted by molar-refractivity contribution is -0.269. The molecule has 2 aromatic carbocycles. The van der Waals surface area contributed by atoms with Gasteiger partial charge in [0.05, 0.1) is 11.3 Å². The van der Waals surface area contributed by atoms with Gasteiger partial charge in [-0.25, -0.2) is 0 Å². The number of hydrogen-bond acceptors (Lipinski definition) is 5. The second kappa shape index (κ2) is 9.18. The van der Waals surface area contributed by atoms with E-state index in [1.165, 1.54) is 25.3 Å². The van der Waals surface area contributed by atoms with Crippen LogP contribution in [0.15, 0.2) is 47.6 Å². The molecule has 0 bridgehead atoms. The minimum absolute atomic E-state index is 0.165. The number of alkyl halides is 6. The van der Waals surface area contributed by atoms with Gasteiger partial charge >= 0.3 is 12.4 Å². The summed E-state index contributed by atoms with van der Waals surface area (Å²) in [7, 11) is 1.28. The predicted molar refractivity (Wildman–Crippen MR) is 111 cm³/mol. The van der Waals surface area contributed by atoms with Crippen LogP contribution in [0.5, 0.6) is 0 Å². The largest absolute Gasteiger partial charge is 0.428 e. The van der Waals surface area contributed by atoms with Crippen LogP contribution in [0, 0.1) is 6.92 Å². The number of halogens is 7. The molecule has 1 atom stereocenters. The number of aryl methyl sites for hydroxylation is 1. The maximum atomic E-state index is 14.1. The molecule has 0 aromatic heterocycles. The number of benzene rings is 2. The highest BCUT2D eigenvalue weighted by Gasteiger charge is 2.60. The van der Waals surface area contributed by atoms with Crippen LogP contribution in [0.3, 0.4) is 0 Å². The highest BCUT2D eigenvalue weighted by Crippen LogP contribution is 2.49. The van der Waals surface area contributed by atoms with Gasteiger partial charge in [-0.2, -0.15) is 26.3 Å². The molecule has 0 spiro atoms. The van der Waals surface area contributed by atoms with E-state index in [1.54, 1.807) is 6.92 Å². The molecular formula is C21H16ClF6N3O3. The monoisotopic (exact) mass is 507 g/mol. The Morgan fingerprint density at radius 1 is 1.18 bits per heavy atom. The van der Waals surface area contributed by atoms with Crippen molar-refractivity contribution in [1.82, 2.24) is 10.8 Å². The highest BCUT2D eigenvalue weighted by atomic mass is 35.5. The first-order valence-corrected chi connectivity index (χ1v) is 9.75. The number of carbonyl (C=O) groups is 1. The van der Waals surface area contributed by atoms with Crippen molar-refractivity contribution in [2.75, 3.05) is 7.11 Å². The SMILES string of the molecule is CON=CNC(=O)c1ccc(C2=CC(c3cc(Cl)cc(C(F)(F)F)c3)(C(F)(F)F)ON2)cc1C. The van der Waals surface area contributed by atoms with Crippen molar-refractivity contribution in [3.8, 4) is 0 Å². The van der Waals surface area contributed by atoms with Gasteiger partial charge in [-0.15, -0.1) is 0 Å². The Balaban J connectivity index is 2.04. The van der Waals surface area contributed by atoms with Gasteiger partial charge in [0.25, 0.3) is 5.91 Å². The lowest BCUT2D eigenvalue weighted by Gasteiger charge is -2.29. The van der Waals surface area contributed by atoms with E-state index in [9.17, 15) is 31.1 Å². The van der Waals surface area contributed by atoms with Crippen molar-refractivity contribution in [2.45, 2.75) is 24.9 Å². The Labute approximate surface area is 194 Å². The van der Waals surface area contributed by atoms with E-state index in [1.807, 2.05) is 0 Å². The second-order valence-electron chi connectivity index (χ2n) is 7.14. The van der Waals surface area contributed by atoms with Crippen molar-refractivity contribution in [3.05, 3.63) is 75.3 Å². The maximum absolute atomic E-state index is 14.1. The third kappa shape index (κ3) is 4.97. The molecule has 34 heavy (non-hydrogen) atoms. The van der Waals surface area contributed by atoms with Crippen molar-refractivity contribution in [2.24, 2.45) is 5.16 Å². The minimum atomic E-state index is -5.15. The van der Waals surface area contributed by atoms with Gasteiger partial charge in [0.2, 0.25) is 5.60 Å². The second-order valence-corrected chi connectivity index (χ2v) is 7.58. The van der Waals surface area contributed by atoms with E-state index in [0.717, 1.165) is 12.4 Å². The summed E-state index contributed by atoms with van der Waals surface area (Å²) < 4.78 is 82.0. The molecule has 1 aliphatic heterocycles. The molecule has 0 aliphatic carbocycles. The van der Waals surface area contributed by atoms with Crippen LogP contribution < -0.4 is 10.8 Å². The average Bonchev–Trinajstić information content (AvgIpc) is 3.20. The van der Waals surface area contributed by atoms with Crippen molar-refractivity contribution in [3.63, 3.8) is 0 Å². The van der Waals surface area contributed by atoms with Gasteiger partial charge in [0.1, 0.15) is 13.4 Å². The van der Waals surface area contributed by atoms with Crippen molar-refractivity contribution < 1.29 is 40.8 Å². The average molecular weight is 508 g/mol. The molecule has 1 amide bonds. The Bertz CT molecular complexity index is 1160. The Morgan fingerprint density at radius 2 is 1.88 bits per heavy atom. The first kappa shape index (κ1) is 25.4. The fourth-order valence-electron chi connectivity index (χ4n) is 3.25. The van der Waals surface area contributed by atoms with Crippen LogP contribution in [0.25, 0.3) is 5.70 Å². The summed E-state index contributed by atoms with van der Waals surface area (Å²) in [6.45, 7) is 1.55. The van der Waals surface area contributed by atoms with Crippen molar-refractivity contribution in [1.29, 1.82) is 0 Å². The summed E-state index contributed by atoms with van der Waals surface area (Å²) in [4.78, 5) is 21.5. The van der Waals surface area contributed by atoms with Crippen LogP contribution >= 0.6 is 11.6 Å². The van der Waals surface area contributed by atoms with Crippen LogP contribution in [-0.4, -0.2) is 25.5 Å². The van der Waals surface area contributed by atoms with E-state index in [0.29, 0.717) is 23.8 Å². The molecule has 0 saturated carbocycles. The normalized spacial score (nSPS) is 18.6. The number of amides is 1. The molecule has 13 heteroatoms. The molecule has 6 nitrogen and oxygen atoms in total. The molecule has 1 aliphatic rings. The van der Waals surface area contributed by atoms with Crippen LogP contribution in [0.2, 0.25) is 5.02 Å². The topological polar surface area (TPSA) is 72.0 Å². The number of rotatable bonds is 5. The first-order valence-electron chi connectivity index (χ1n) is 9.37. The summed E-state index contributed by atoms with van der Waals surface area (Å²) >= 11 is 5.69. The van der Waals surface area contributed by atoms with E-state index in [-0.39, 0.29) is 16.8 Å². The minimum Gasteiger partial charge on any atom is -0.398 e. The van der Waals surface area contributed by atoms with Crippen LogP contribution in [-0.2, 0) is 21.5 Å². The number of oxime groups is 1. The predicted octanol–water partition coefficient (Wildman–Crippen LogP) is 5.32. The van der Waals surface area contributed by atoms with Gasteiger partial charge in [-0.3, -0.25) is 15.1 Å². The number of carbonyl (C=O) groups excluding carboxylic acids is 1. The van der Waals surface area contributed by atoms with E-state index in [2.05, 4.69) is 20.8 Å². The van der Waals surface area contributed by atoms with Gasteiger partial charge in [-0.1, -0.05) is 22.8 Å². The van der Waals surface area contributed by atoms with E-state index < -0.39 is 40.0 Å². The molecule has 0 saturated heterocycles.